The van der Waals surface area contributed by atoms with E-state index in [0.717, 1.165) is 5.56 Å². The van der Waals surface area contributed by atoms with Gasteiger partial charge >= 0.3 is 0 Å². The van der Waals surface area contributed by atoms with Gasteiger partial charge in [0.05, 0.1) is 27.9 Å². The highest BCUT2D eigenvalue weighted by molar-refractivity contribution is 7.22. The zero-order valence-electron chi connectivity index (χ0n) is 18.7. The molecule has 5 rings (SSSR count). The Morgan fingerprint density at radius 2 is 1.91 bits per heavy atom. The molecule has 3 heterocycles. The van der Waals surface area contributed by atoms with Crippen molar-refractivity contribution in [1.82, 2.24) is 4.98 Å². The molecule has 0 saturated carbocycles. The number of ketones is 1. The lowest BCUT2D eigenvalue weighted by atomic mass is 9.95. The molecular formula is C26H21FN2O4S. The normalized spacial score (nSPS) is 16.2. The molecule has 2 aromatic heterocycles. The van der Waals surface area contributed by atoms with E-state index < -0.39 is 17.7 Å². The van der Waals surface area contributed by atoms with Crippen molar-refractivity contribution >= 4 is 38.4 Å². The average molecular weight is 477 g/mol. The van der Waals surface area contributed by atoms with E-state index in [-0.39, 0.29) is 29.0 Å². The molecule has 0 spiro atoms. The third-order valence-electron chi connectivity index (χ3n) is 5.41. The van der Waals surface area contributed by atoms with Crippen molar-refractivity contribution in [3.8, 4) is 0 Å². The summed E-state index contributed by atoms with van der Waals surface area (Å²) in [6.07, 6.45) is -0.346. The standard InChI is InChI=1S/C26H21FN2O4S/c1-14(2)32-24-21(23(30)19-12-9-15(3)33-19)22(16-7-5-4-6-8-16)29(25(24)31)26-28-18-11-10-17(27)13-20(18)34-26/h4-14,22H,1-3H3. The van der Waals surface area contributed by atoms with Gasteiger partial charge in [-0.25, -0.2) is 9.37 Å². The fraction of sp³-hybridized carbons (Fsp3) is 0.192. The molecule has 0 fully saturated rings. The van der Waals surface area contributed by atoms with Crippen molar-refractivity contribution < 1.29 is 23.1 Å². The molecule has 0 aliphatic carbocycles. The lowest BCUT2D eigenvalue weighted by molar-refractivity contribution is -0.118. The number of furan rings is 1. The van der Waals surface area contributed by atoms with Gasteiger partial charge in [-0.3, -0.25) is 14.5 Å². The van der Waals surface area contributed by atoms with Crippen LogP contribution in [0.3, 0.4) is 0 Å². The summed E-state index contributed by atoms with van der Waals surface area (Å²) in [5.41, 5.74) is 1.47. The molecule has 172 valence electrons. The van der Waals surface area contributed by atoms with E-state index in [0.29, 0.717) is 21.1 Å². The molecule has 0 saturated heterocycles. The van der Waals surface area contributed by atoms with Crippen LogP contribution in [0.5, 0.6) is 0 Å². The first-order valence-electron chi connectivity index (χ1n) is 10.8. The second-order valence-corrected chi connectivity index (χ2v) is 9.25. The molecule has 1 atom stereocenters. The van der Waals surface area contributed by atoms with Crippen molar-refractivity contribution in [3.05, 3.63) is 94.9 Å². The predicted octanol–water partition coefficient (Wildman–Crippen LogP) is 5.99. The summed E-state index contributed by atoms with van der Waals surface area (Å²) in [6.45, 7) is 5.33. The number of rotatable bonds is 6. The van der Waals surface area contributed by atoms with Crippen LogP contribution in [0.2, 0.25) is 0 Å². The van der Waals surface area contributed by atoms with Crippen LogP contribution >= 0.6 is 11.3 Å². The van der Waals surface area contributed by atoms with Crippen molar-refractivity contribution in [2.24, 2.45) is 0 Å². The Bertz CT molecular complexity index is 1440. The van der Waals surface area contributed by atoms with E-state index >= 15 is 0 Å². The van der Waals surface area contributed by atoms with E-state index in [4.69, 9.17) is 9.15 Å². The van der Waals surface area contributed by atoms with Gasteiger partial charge in [0.2, 0.25) is 5.78 Å². The number of carbonyl (C=O) groups is 2. The lowest BCUT2D eigenvalue weighted by Gasteiger charge is -2.24. The summed E-state index contributed by atoms with van der Waals surface area (Å²) in [4.78, 5) is 33.5. The molecule has 8 heteroatoms. The van der Waals surface area contributed by atoms with Gasteiger partial charge in [0.15, 0.2) is 16.7 Å². The third kappa shape index (κ3) is 3.80. The first-order chi connectivity index (χ1) is 16.3. The summed E-state index contributed by atoms with van der Waals surface area (Å²) in [5.74, 6) is -0.621. The lowest BCUT2D eigenvalue weighted by Crippen LogP contribution is -2.31. The van der Waals surface area contributed by atoms with E-state index in [1.54, 1.807) is 39.0 Å². The van der Waals surface area contributed by atoms with Crippen LogP contribution in [0.1, 0.15) is 41.8 Å². The van der Waals surface area contributed by atoms with Gasteiger partial charge in [0, 0.05) is 0 Å². The number of hydrogen-bond donors (Lipinski definition) is 0. The highest BCUT2D eigenvalue weighted by atomic mass is 32.1. The van der Waals surface area contributed by atoms with Gasteiger partial charge < -0.3 is 9.15 Å². The number of fused-ring (bicyclic) bond motifs is 1. The molecule has 1 aliphatic heterocycles. The van der Waals surface area contributed by atoms with Crippen molar-refractivity contribution in [2.45, 2.75) is 32.9 Å². The summed E-state index contributed by atoms with van der Waals surface area (Å²) in [6, 6.07) is 16.0. The fourth-order valence-electron chi connectivity index (χ4n) is 4.00. The second kappa shape index (κ2) is 8.53. The summed E-state index contributed by atoms with van der Waals surface area (Å²) in [7, 11) is 0. The average Bonchev–Trinajstić information content (AvgIpc) is 3.49. The first kappa shape index (κ1) is 22.0. The van der Waals surface area contributed by atoms with Crippen molar-refractivity contribution in [3.63, 3.8) is 0 Å². The van der Waals surface area contributed by atoms with Crippen LogP contribution in [0.15, 0.2) is 76.4 Å². The Kier molecular flexibility index (Phi) is 5.53. The fourth-order valence-corrected chi connectivity index (χ4v) is 5.02. The SMILES string of the molecule is Cc1ccc(C(=O)C2=C(OC(C)C)C(=O)N(c3nc4ccc(F)cc4s3)C2c2ccccc2)o1. The molecule has 6 nitrogen and oxygen atoms in total. The number of nitrogens with zero attached hydrogens (tertiary/aromatic N) is 2. The Labute approximate surface area is 199 Å². The minimum atomic E-state index is -0.786. The molecule has 0 radical (unpaired) electrons. The number of halogens is 1. The number of aryl methyl sites for hydroxylation is 1. The zero-order valence-corrected chi connectivity index (χ0v) is 19.6. The Morgan fingerprint density at radius 1 is 1.15 bits per heavy atom. The van der Waals surface area contributed by atoms with Crippen molar-refractivity contribution in [1.29, 1.82) is 0 Å². The van der Waals surface area contributed by atoms with Crippen molar-refractivity contribution in [2.75, 3.05) is 4.90 Å². The van der Waals surface area contributed by atoms with Crippen LogP contribution in [0, 0.1) is 12.7 Å². The number of hydrogen-bond acceptors (Lipinski definition) is 6. The maximum Gasteiger partial charge on any atom is 0.296 e. The molecular weight excluding hydrogens is 455 g/mol. The maximum absolute atomic E-state index is 13.8. The van der Waals surface area contributed by atoms with E-state index in [2.05, 4.69) is 4.98 Å². The smallest absolute Gasteiger partial charge is 0.296 e. The number of benzene rings is 2. The number of Topliss-reactive ketones (excluding diaryl/α,β-unsaturated/α-hetero) is 1. The summed E-state index contributed by atoms with van der Waals surface area (Å²) < 4.78 is 26.0. The largest absolute Gasteiger partial charge is 0.485 e. The Hall–Kier alpha value is -3.78. The minimum Gasteiger partial charge on any atom is -0.485 e. The number of aromatic nitrogens is 1. The predicted molar refractivity (Wildman–Crippen MR) is 127 cm³/mol. The highest BCUT2D eigenvalue weighted by Gasteiger charge is 2.47. The Morgan fingerprint density at radius 3 is 2.59 bits per heavy atom. The molecule has 0 N–H and O–H groups in total. The molecule has 0 bridgehead atoms. The summed E-state index contributed by atoms with van der Waals surface area (Å²) in [5, 5.41) is 0.350. The van der Waals surface area contributed by atoms with Crippen LogP contribution in [-0.4, -0.2) is 22.8 Å². The zero-order chi connectivity index (χ0) is 24.0. The molecule has 34 heavy (non-hydrogen) atoms. The second-order valence-electron chi connectivity index (χ2n) is 8.25. The van der Waals surface area contributed by atoms with Gasteiger partial charge in [-0.2, -0.15) is 0 Å². The van der Waals surface area contributed by atoms with E-state index in [1.165, 1.54) is 28.4 Å². The van der Waals surface area contributed by atoms with E-state index in [1.807, 2.05) is 30.3 Å². The van der Waals surface area contributed by atoms with Crippen LogP contribution in [0.25, 0.3) is 10.2 Å². The first-order valence-corrected chi connectivity index (χ1v) is 11.6. The summed E-state index contributed by atoms with van der Waals surface area (Å²) >= 11 is 1.18. The van der Waals surface area contributed by atoms with Crippen LogP contribution in [0.4, 0.5) is 9.52 Å². The number of ether oxygens (including phenoxy) is 1. The van der Waals surface area contributed by atoms with Gasteiger partial charge in [-0.05, 0) is 56.7 Å². The highest BCUT2D eigenvalue weighted by Crippen LogP contribution is 2.45. The van der Waals surface area contributed by atoms with Gasteiger partial charge in [0.1, 0.15) is 11.6 Å². The Balaban J connectivity index is 1.72. The molecule has 1 aliphatic rings. The van der Waals surface area contributed by atoms with Crippen LogP contribution in [-0.2, 0) is 9.53 Å². The molecule has 1 amide bonds. The monoisotopic (exact) mass is 476 g/mol. The van der Waals surface area contributed by atoms with E-state index in [9.17, 15) is 14.0 Å². The number of carbonyl (C=O) groups excluding carboxylic acids is 2. The molecule has 1 unspecified atom stereocenters. The number of anilines is 1. The quantitative estimate of drug-likeness (QED) is 0.320. The number of thiazole rings is 1. The number of amides is 1. The third-order valence-corrected chi connectivity index (χ3v) is 6.43. The topological polar surface area (TPSA) is 72.6 Å². The van der Waals surface area contributed by atoms with Gasteiger partial charge in [0.25, 0.3) is 5.91 Å². The molecule has 4 aromatic rings. The maximum atomic E-state index is 13.8. The van der Waals surface area contributed by atoms with Crippen LogP contribution < -0.4 is 4.90 Å². The minimum absolute atomic E-state index is 0.0339. The van der Waals surface area contributed by atoms with Gasteiger partial charge in [-0.15, -0.1) is 0 Å². The molecule has 2 aromatic carbocycles. The van der Waals surface area contributed by atoms with Gasteiger partial charge in [-0.1, -0.05) is 41.7 Å².